The van der Waals surface area contributed by atoms with Crippen LogP contribution in [0.5, 0.6) is 0 Å². The molecule has 44 heavy (non-hydrogen) atoms. The first-order valence-corrected chi connectivity index (χ1v) is 15.3. The van der Waals surface area contributed by atoms with Gasteiger partial charge in [0.2, 0.25) is 5.91 Å². The van der Waals surface area contributed by atoms with Crippen LogP contribution in [0, 0.1) is 0 Å². The Kier molecular flexibility index (Phi) is 11.9. The van der Waals surface area contributed by atoms with Gasteiger partial charge in [-0.05, 0) is 63.5 Å². The molecule has 0 radical (unpaired) electrons. The molecule has 1 saturated heterocycles. The molecule has 0 saturated carbocycles. The molecule has 2 heterocycles. The number of hydrogen-bond donors (Lipinski definition) is 3. The molecular weight excluding hydrogens is 564 g/mol. The van der Waals surface area contributed by atoms with Gasteiger partial charge in [0, 0.05) is 12.7 Å². The summed E-state index contributed by atoms with van der Waals surface area (Å²) >= 11 is 0. The lowest BCUT2D eigenvalue weighted by Gasteiger charge is -2.29. The Balaban J connectivity index is 1.36. The average Bonchev–Trinajstić information content (AvgIpc) is 3.70. The van der Waals surface area contributed by atoms with Crippen molar-refractivity contribution < 1.29 is 28.6 Å². The molecule has 240 valence electrons. The number of imidazole rings is 1. The standard InChI is InChI=1S/C32H46N6O6/c1-32(2,33)31(41)36-25(19-43-18-23-11-6-4-7-12-23)20-44-22-35-27-17-37(21-34-27)28(24-13-8-5-9-14-24)29(39)38-16-10-15-26(38)30(40)42-3/h4,6,8,11,13-14,17,21,25-26,28,35H,5,7,9-10,12,15-16,18-20,22,33H2,1-3H3,(H,36,41)/t25-,26-,28?/m0/s1. The highest BCUT2D eigenvalue weighted by Crippen LogP contribution is 2.30. The molecule has 0 bridgehead atoms. The maximum atomic E-state index is 13.9. The topological polar surface area (TPSA) is 150 Å². The minimum atomic E-state index is -1.04. The van der Waals surface area contributed by atoms with Crippen LogP contribution in [0.25, 0.3) is 0 Å². The van der Waals surface area contributed by atoms with Crippen molar-refractivity contribution in [3.8, 4) is 0 Å². The molecule has 1 aromatic rings. The van der Waals surface area contributed by atoms with E-state index in [1.54, 1.807) is 35.8 Å². The molecule has 3 atom stereocenters. The summed E-state index contributed by atoms with van der Waals surface area (Å²) < 4.78 is 18.5. The van der Waals surface area contributed by atoms with Crippen molar-refractivity contribution in [2.45, 2.75) is 76.0 Å². The smallest absolute Gasteiger partial charge is 0.328 e. The number of rotatable bonds is 15. The largest absolute Gasteiger partial charge is 0.467 e. The van der Waals surface area contributed by atoms with E-state index < -0.39 is 29.6 Å². The minimum Gasteiger partial charge on any atom is -0.467 e. The van der Waals surface area contributed by atoms with Crippen LogP contribution in [0.2, 0.25) is 0 Å². The van der Waals surface area contributed by atoms with Crippen molar-refractivity contribution in [1.29, 1.82) is 0 Å². The molecular formula is C32H46N6O6. The fraction of sp³-hybridized carbons (Fsp3) is 0.562. The molecule has 1 fully saturated rings. The normalized spacial score (nSPS) is 19.6. The summed E-state index contributed by atoms with van der Waals surface area (Å²) in [5.41, 5.74) is 7.01. The van der Waals surface area contributed by atoms with Crippen molar-refractivity contribution in [3.05, 3.63) is 60.1 Å². The van der Waals surface area contributed by atoms with E-state index in [1.165, 1.54) is 12.7 Å². The first-order valence-electron chi connectivity index (χ1n) is 15.3. The lowest BCUT2D eigenvalue weighted by atomic mass is 9.98. The van der Waals surface area contributed by atoms with E-state index in [0.717, 1.165) is 37.7 Å². The molecule has 3 aliphatic rings. The van der Waals surface area contributed by atoms with Gasteiger partial charge in [-0.3, -0.25) is 9.59 Å². The predicted molar refractivity (Wildman–Crippen MR) is 166 cm³/mol. The van der Waals surface area contributed by atoms with Crippen molar-refractivity contribution in [3.63, 3.8) is 0 Å². The van der Waals surface area contributed by atoms with Crippen LogP contribution >= 0.6 is 0 Å². The van der Waals surface area contributed by atoms with E-state index in [4.69, 9.17) is 19.9 Å². The highest BCUT2D eigenvalue weighted by atomic mass is 16.5. The van der Waals surface area contributed by atoms with E-state index in [1.807, 2.05) is 12.2 Å². The van der Waals surface area contributed by atoms with Crippen molar-refractivity contribution in [1.82, 2.24) is 19.8 Å². The summed E-state index contributed by atoms with van der Waals surface area (Å²) in [7, 11) is 1.35. The SMILES string of the molecule is COC(=O)[C@@H]1CCCN1C(=O)C(C1=CCCC=C1)n1cnc(NCOC[C@H](COCC2=CC=CCC2)NC(=O)C(C)(C)N)c1. The zero-order valence-corrected chi connectivity index (χ0v) is 26.0. The van der Waals surface area contributed by atoms with Gasteiger partial charge >= 0.3 is 5.97 Å². The Bertz CT molecular complexity index is 1280. The van der Waals surface area contributed by atoms with Gasteiger partial charge in [0.25, 0.3) is 5.91 Å². The first kappa shape index (κ1) is 33.2. The van der Waals surface area contributed by atoms with Crippen LogP contribution in [0.15, 0.2) is 60.1 Å². The van der Waals surface area contributed by atoms with Gasteiger partial charge in [-0.1, -0.05) is 36.5 Å². The molecule has 1 aromatic heterocycles. The van der Waals surface area contributed by atoms with Crippen LogP contribution in [-0.4, -0.2) is 90.1 Å². The number of ether oxygens (including phenoxy) is 3. The molecule has 2 amide bonds. The fourth-order valence-electron chi connectivity index (χ4n) is 5.35. The number of hydrogen-bond acceptors (Lipinski definition) is 9. The first-order chi connectivity index (χ1) is 21.2. The molecule has 12 heteroatoms. The number of nitrogens with one attached hydrogen (secondary N) is 2. The number of nitrogens with zero attached hydrogens (tertiary/aromatic N) is 3. The number of methoxy groups -OCH3 is 1. The van der Waals surface area contributed by atoms with E-state index in [9.17, 15) is 14.4 Å². The molecule has 1 aliphatic heterocycles. The minimum absolute atomic E-state index is 0.114. The molecule has 4 N–H and O–H groups in total. The number of likely N-dealkylation sites (tertiary alicyclic amines) is 1. The number of aromatic nitrogens is 2. The summed E-state index contributed by atoms with van der Waals surface area (Å²) in [4.78, 5) is 44.8. The zero-order valence-electron chi connectivity index (χ0n) is 26.0. The van der Waals surface area contributed by atoms with Crippen LogP contribution in [0.4, 0.5) is 5.82 Å². The van der Waals surface area contributed by atoms with Crippen LogP contribution < -0.4 is 16.4 Å². The molecule has 0 spiro atoms. The van der Waals surface area contributed by atoms with E-state index >= 15 is 0 Å². The predicted octanol–water partition coefficient (Wildman–Crippen LogP) is 2.77. The Morgan fingerprint density at radius 1 is 1.16 bits per heavy atom. The third-order valence-corrected chi connectivity index (χ3v) is 7.78. The second-order valence-corrected chi connectivity index (χ2v) is 11.9. The average molecular weight is 611 g/mol. The lowest BCUT2D eigenvalue weighted by Crippen LogP contribution is -2.54. The summed E-state index contributed by atoms with van der Waals surface area (Å²) in [6, 6.07) is -1.65. The number of nitrogens with two attached hydrogens (primary N) is 1. The quantitative estimate of drug-likeness (QED) is 0.155. The summed E-state index contributed by atoms with van der Waals surface area (Å²) in [6.07, 6.45) is 20.7. The highest BCUT2D eigenvalue weighted by molar-refractivity contribution is 5.89. The van der Waals surface area contributed by atoms with E-state index in [-0.39, 0.29) is 31.8 Å². The molecule has 1 unspecified atom stereocenters. The van der Waals surface area contributed by atoms with Gasteiger partial charge in [-0.15, -0.1) is 0 Å². The number of anilines is 1. The number of amides is 2. The van der Waals surface area contributed by atoms with Gasteiger partial charge in [0.1, 0.15) is 24.6 Å². The zero-order chi connectivity index (χ0) is 31.5. The molecule has 0 aromatic carbocycles. The van der Waals surface area contributed by atoms with E-state index in [2.05, 4.69) is 39.9 Å². The maximum Gasteiger partial charge on any atom is 0.328 e. The van der Waals surface area contributed by atoms with Crippen LogP contribution in [-0.2, 0) is 28.6 Å². The highest BCUT2D eigenvalue weighted by Gasteiger charge is 2.39. The Morgan fingerprint density at radius 2 is 1.98 bits per heavy atom. The van der Waals surface area contributed by atoms with Crippen molar-refractivity contribution in [2.24, 2.45) is 5.73 Å². The maximum absolute atomic E-state index is 13.9. The Hall–Kier alpha value is -3.74. The molecule has 4 rings (SSSR count). The third-order valence-electron chi connectivity index (χ3n) is 7.78. The number of allylic oxidation sites excluding steroid dienone is 6. The van der Waals surface area contributed by atoms with Crippen LogP contribution in [0.3, 0.4) is 0 Å². The second-order valence-electron chi connectivity index (χ2n) is 11.9. The molecule has 12 nitrogen and oxygen atoms in total. The van der Waals surface area contributed by atoms with Gasteiger partial charge in [-0.2, -0.15) is 0 Å². The van der Waals surface area contributed by atoms with Gasteiger partial charge in [-0.25, -0.2) is 9.78 Å². The fourth-order valence-corrected chi connectivity index (χ4v) is 5.35. The lowest BCUT2D eigenvalue weighted by molar-refractivity contribution is -0.151. The summed E-state index contributed by atoms with van der Waals surface area (Å²) in [5.74, 6) is -0.342. The second kappa shape index (κ2) is 15.8. The monoisotopic (exact) mass is 610 g/mol. The number of carbonyl (C=O) groups is 3. The third kappa shape index (κ3) is 9.13. The Morgan fingerprint density at radius 3 is 2.68 bits per heavy atom. The summed E-state index contributed by atoms with van der Waals surface area (Å²) in [5, 5.41) is 6.05. The van der Waals surface area contributed by atoms with E-state index in [0.29, 0.717) is 25.4 Å². The number of esters is 1. The van der Waals surface area contributed by atoms with Crippen molar-refractivity contribution >= 4 is 23.6 Å². The number of carbonyl (C=O) groups excluding carboxylic acids is 3. The van der Waals surface area contributed by atoms with Gasteiger partial charge in [0.15, 0.2) is 0 Å². The van der Waals surface area contributed by atoms with Crippen molar-refractivity contribution in [2.75, 3.05) is 45.5 Å². The Labute approximate surface area is 259 Å². The van der Waals surface area contributed by atoms with Gasteiger partial charge in [0.05, 0.1) is 44.8 Å². The summed E-state index contributed by atoms with van der Waals surface area (Å²) in [6.45, 7) is 4.86. The molecule has 2 aliphatic carbocycles. The van der Waals surface area contributed by atoms with Gasteiger partial charge < -0.3 is 40.0 Å². The van der Waals surface area contributed by atoms with Crippen LogP contribution in [0.1, 0.15) is 58.4 Å².